The third kappa shape index (κ3) is 15.9. The lowest BCUT2D eigenvalue weighted by molar-refractivity contribution is -0.333. The number of fused-ring (bicyclic) bond motifs is 15. The van der Waals surface area contributed by atoms with Crippen molar-refractivity contribution < 1.29 is 123 Å². The van der Waals surface area contributed by atoms with Gasteiger partial charge in [0, 0.05) is 41.3 Å². The van der Waals surface area contributed by atoms with Crippen LogP contribution < -0.4 is 62.9 Å². The van der Waals surface area contributed by atoms with Crippen molar-refractivity contribution in [2.75, 3.05) is 20.3 Å². The number of primary amides is 1. The zero-order valence-corrected chi connectivity index (χ0v) is 56.0. The van der Waals surface area contributed by atoms with Crippen molar-refractivity contribution in [3.05, 3.63) is 117 Å². The number of carbonyl (C=O) groups excluding carboxylic acids is 7. The molecule has 0 spiro atoms. The van der Waals surface area contributed by atoms with Crippen LogP contribution in [-0.2, 0) is 52.6 Å². The smallest absolute Gasteiger partial charge is 0.330 e. The Morgan fingerprint density at radius 1 is 0.716 bits per heavy atom. The molecule has 5 aromatic carbocycles. The van der Waals surface area contributed by atoms with Crippen LogP contribution in [0.2, 0.25) is 10.0 Å². The van der Waals surface area contributed by atoms with E-state index >= 15 is 14.4 Å². The van der Waals surface area contributed by atoms with Gasteiger partial charge in [-0.1, -0.05) is 48.3 Å². The van der Waals surface area contributed by atoms with Crippen molar-refractivity contribution in [2.45, 2.75) is 149 Å². The van der Waals surface area contributed by atoms with Crippen LogP contribution in [0.3, 0.4) is 0 Å². The predicted octanol–water partition coefficient (Wildman–Crippen LogP) is -0.921. The number of halogens is 2. The van der Waals surface area contributed by atoms with Crippen LogP contribution in [0.5, 0.6) is 46.0 Å². The van der Waals surface area contributed by atoms with Gasteiger partial charge in [0.25, 0.3) is 0 Å². The summed E-state index contributed by atoms with van der Waals surface area (Å²) in [6.07, 6.45) is -18.9. The predicted molar refractivity (Wildman–Crippen MR) is 351 cm³/mol. The van der Waals surface area contributed by atoms with Crippen LogP contribution in [0, 0.1) is 5.92 Å². The first kappa shape index (κ1) is 75.4. The number of carboxylic acids is 1. The molecule has 2 saturated heterocycles. The summed E-state index contributed by atoms with van der Waals surface area (Å²) in [6, 6.07) is -1.16. The van der Waals surface area contributed by atoms with Gasteiger partial charge in [0.1, 0.15) is 89.5 Å². The molecule has 548 valence electrons. The molecule has 7 aliphatic rings. The molecule has 0 radical (unpaired) electrons. The monoisotopic (exact) mass is 1460 g/mol. The molecule has 2 fully saturated rings. The van der Waals surface area contributed by atoms with Gasteiger partial charge in [-0.3, -0.25) is 33.6 Å². The van der Waals surface area contributed by atoms with E-state index in [4.69, 9.17) is 63.1 Å². The molecule has 12 rings (SSSR count). The number of carbonyl (C=O) groups is 8. The van der Waals surface area contributed by atoms with Gasteiger partial charge in [-0.15, -0.1) is 0 Å². The van der Waals surface area contributed by atoms with Crippen molar-refractivity contribution in [1.29, 1.82) is 0 Å². The highest BCUT2D eigenvalue weighted by Crippen LogP contribution is 2.50. The Bertz CT molecular complexity index is 4100. The van der Waals surface area contributed by atoms with E-state index in [2.05, 4.69) is 37.2 Å². The van der Waals surface area contributed by atoms with Crippen molar-refractivity contribution in [1.82, 2.24) is 37.2 Å². The second-order valence-corrected chi connectivity index (χ2v) is 26.4. The highest BCUT2D eigenvalue weighted by molar-refractivity contribution is 6.32. The summed E-state index contributed by atoms with van der Waals surface area (Å²) in [5, 5.41) is 140. The summed E-state index contributed by atoms with van der Waals surface area (Å²) in [5.41, 5.74) is 7.89. The van der Waals surface area contributed by atoms with E-state index < -0.39 is 248 Å². The summed E-state index contributed by atoms with van der Waals surface area (Å²) in [7, 11) is 1.40. The number of hydrogen-bond donors (Lipinski definition) is 20. The zero-order valence-electron chi connectivity index (χ0n) is 54.5. The Kier molecular flexibility index (Phi) is 22.7. The van der Waals surface area contributed by atoms with E-state index in [1.54, 1.807) is 6.92 Å². The van der Waals surface area contributed by atoms with E-state index in [9.17, 15) is 80.1 Å². The van der Waals surface area contributed by atoms with Gasteiger partial charge in [-0.2, -0.15) is 0 Å². The van der Waals surface area contributed by atoms with Gasteiger partial charge in [0.15, 0.2) is 29.9 Å². The van der Waals surface area contributed by atoms with Crippen molar-refractivity contribution in [2.24, 2.45) is 17.4 Å². The largest absolute Gasteiger partial charge is 0.508 e. The third-order valence-corrected chi connectivity index (χ3v) is 18.6. The SMILES string of the molecule is CN[C@H](CC(C)CO)C(=O)N[C@H]1C(=O)N[C@@H](CC(N)=O)C(=O)N[C@H]2C(=O)N[C@H]3C(=O)N[C@H](C(=O)N[C@H](C(=O)O)c4cc(O)cc(O)c4-c4cc3ccc4O)[C@H](O)c3ccc(c(Cl)c3)Oc3cc2cc(c3O[C@@H]2O[C@H](CO)[C@@H](O)[C@H](O)[C@H]2O[C@H]2C[C@](C)(N)[C@H](O)[C@H](C)O2)Oc2ccc(cc2Cl)[C@H]1O. The molecule has 34 nitrogen and oxygen atoms in total. The molecule has 102 heavy (non-hydrogen) atoms. The summed E-state index contributed by atoms with van der Waals surface area (Å²) in [5.74, 6) is -16.7. The molecule has 1 unspecified atom stereocenters. The van der Waals surface area contributed by atoms with Gasteiger partial charge in [0.2, 0.25) is 53.4 Å². The number of aliphatic hydroxyl groups excluding tert-OH is 7. The molecule has 0 aromatic heterocycles. The Balaban J connectivity index is 1.24. The molecular weight excluding hydrogens is 1390 g/mol. The Hall–Kier alpha value is -9.24. The number of nitrogens with one attached hydrogen (secondary N) is 7. The summed E-state index contributed by atoms with van der Waals surface area (Å²) < 4.78 is 38.3. The first-order chi connectivity index (χ1) is 48.2. The third-order valence-electron chi connectivity index (χ3n) is 18.0. The van der Waals surface area contributed by atoms with Gasteiger partial charge < -0.3 is 133 Å². The van der Waals surface area contributed by atoms with Crippen LogP contribution in [0.1, 0.15) is 98.2 Å². The van der Waals surface area contributed by atoms with Crippen LogP contribution in [0.25, 0.3) is 11.1 Å². The molecule has 19 atom stereocenters. The number of carboxylic acid groups (broad SMARTS) is 1. The summed E-state index contributed by atoms with van der Waals surface area (Å²) in [6.45, 7) is 3.26. The Morgan fingerprint density at radius 3 is 1.91 bits per heavy atom. The number of aliphatic carboxylic acids is 1. The van der Waals surface area contributed by atoms with Crippen molar-refractivity contribution in [3.63, 3.8) is 0 Å². The fraction of sp³-hybridized carbons (Fsp3) is 0.424. The fourth-order valence-corrected chi connectivity index (χ4v) is 13.0. The number of aliphatic hydroxyl groups is 7. The molecule has 0 aliphatic carbocycles. The standard InChI is InChI=1S/C66H75Cl2N9O25/c1-23(21-78)11-34(71-4)58(89)76-49-51(84)26-6-9-38(32(67)13-26)98-40-15-28-16-41(55(40)102-65-56(54(87)53(86)42(22-79)100-65)101-44-20-66(3,70)57(88)24(2)97-44)99-39-10-7-27(14-33(39)68)52(85)50-63(94)75-48(64(95)96)31-17-29(80)18-37(82)45(31)30-12-25(5-8-36(30)81)46(60(91)77-50)74-61(92)47(28)73-59(90)35(19-43(69)83)72-62(49)93/h5-10,12-18,23-24,34-35,42,44,46-54,56-57,65,71,78-82,84-88H,11,19-22,70H2,1-4H3,(H2,69,83)(H,72,93)(H,73,90)(H,74,92)(H,75,94)(H,76,89)(H,77,91)(H,95,96)/t23?,24-,34+,35-,42+,44-,46+,47+,48-,49+,50-,51+,52+,53+,54-,56+,57+,65-,66-/m0/s1. The van der Waals surface area contributed by atoms with E-state index in [1.165, 1.54) is 27.0 Å². The molecule has 22 N–H and O–H groups in total. The van der Waals surface area contributed by atoms with Gasteiger partial charge in [0.05, 0.1) is 41.3 Å². The second kappa shape index (κ2) is 30.8. The average Bonchev–Trinajstić information content (AvgIpc) is 0.771. The van der Waals surface area contributed by atoms with Gasteiger partial charge in [-0.05, 0) is 110 Å². The fourth-order valence-electron chi connectivity index (χ4n) is 12.5. The van der Waals surface area contributed by atoms with Crippen molar-refractivity contribution >= 4 is 70.5 Å². The van der Waals surface area contributed by atoms with Crippen molar-refractivity contribution in [3.8, 4) is 57.1 Å². The number of phenolic OH excluding ortho intramolecular Hbond substituents is 3. The van der Waals surface area contributed by atoms with Crippen LogP contribution in [0.15, 0.2) is 78.9 Å². The van der Waals surface area contributed by atoms with Crippen LogP contribution >= 0.6 is 23.2 Å². The summed E-state index contributed by atoms with van der Waals surface area (Å²) in [4.78, 5) is 117. The average molecular weight is 1470 g/mol. The zero-order chi connectivity index (χ0) is 74.2. The van der Waals surface area contributed by atoms with Crippen LogP contribution in [0.4, 0.5) is 0 Å². The van der Waals surface area contributed by atoms with E-state index in [0.717, 1.165) is 72.8 Å². The lowest BCUT2D eigenvalue weighted by Crippen LogP contribution is -2.64. The quantitative estimate of drug-likeness (QED) is 0.0639. The molecule has 7 heterocycles. The lowest BCUT2D eigenvalue weighted by Gasteiger charge is -2.47. The number of rotatable bonds is 14. The maximum Gasteiger partial charge on any atom is 0.330 e. The highest BCUT2D eigenvalue weighted by atomic mass is 35.5. The number of amides is 7. The molecule has 36 heteroatoms. The lowest BCUT2D eigenvalue weighted by atomic mass is 9.86. The number of aromatic hydroxyl groups is 3. The first-order valence-corrected chi connectivity index (χ1v) is 32.5. The second-order valence-electron chi connectivity index (χ2n) is 25.6. The minimum atomic E-state index is -2.37. The van der Waals surface area contributed by atoms with E-state index in [1.807, 2.05) is 0 Å². The number of benzene rings is 5. The minimum Gasteiger partial charge on any atom is -0.508 e. The molecule has 7 aliphatic heterocycles. The van der Waals surface area contributed by atoms with Crippen LogP contribution in [-0.4, -0.2) is 203 Å². The Morgan fingerprint density at radius 2 is 1.32 bits per heavy atom. The summed E-state index contributed by atoms with van der Waals surface area (Å²) >= 11 is 14.1. The first-order valence-electron chi connectivity index (χ1n) is 31.8. The maximum atomic E-state index is 16.0. The molecular formula is C66H75Cl2N9O25. The topological polar surface area (TPSA) is 551 Å². The van der Waals surface area contributed by atoms with Gasteiger partial charge in [-0.25, -0.2) is 4.79 Å². The Labute approximate surface area is 589 Å². The van der Waals surface area contributed by atoms with Gasteiger partial charge >= 0.3 is 5.97 Å². The number of phenols is 3. The number of likely N-dealkylation sites (N-methyl/N-ethyl adjacent to an activating group) is 1. The number of nitrogens with two attached hydrogens (primary N) is 2. The molecule has 11 bridgehead atoms. The molecule has 0 saturated carbocycles. The molecule has 5 aromatic rings. The minimum absolute atomic E-state index is 0.0161. The maximum absolute atomic E-state index is 16.0. The number of hydrogen-bond acceptors (Lipinski definition) is 26. The van der Waals surface area contributed by atoms with E-state index in [-0.39, 0.29) is 41.9 Å². The number of ether oxygens (including phenoxy) is 6. The highest BCUT2D eigenvalue weighted by Gasteiger charge is 2.51. The normalized spacial score (nSPS) is 29.5. The van der Waals surface area contributed by atoms with E-state index in [0.29, 0.717) is 0 Å². The molecule has 7 amide bonds.